The van der Waals surface area contributed by atoms with Crippen molar-refractivity contribution in [3.05, 3.63) is 0 Å². The zero-order valence-corrected chi connectivity index (χ0v) is 41.0. The highest BCUT2D eigenvalue weighted by molar-refractivity contribution is 4.67. The highest BCUT2D eigenvalue weighted by Gasteiger charge is 2.21. The van der Waals surface area contributed by atoms with Crippen molar-refractivity contribution in [2.45, 2.75) is 96.5 Å². The molecule has 0 aliphatic carbocycles. The van der Waals surface area contributed by atoms with Crippen LogP contribution in [0.15, 0.2) is 0 Å². The second kappa shape index (κ2) is 57.6. The van der Waals surface area contributed by atoms with Crippen LogP contribution in [-0.2, 0) is 80.5 Å². The van der Waals surface area contributed by atoms with Crippen molar-refractivity contribution in [2.24, 2.45) is 0 Å². The average molecular weight is 945 g/mol. The SMILES string of the molecule is CCCCCCCCCCCCCCCOCCOCCOCCOCCOCCOCCOCCOCCOCCOCCOCCOCCOCCOCCOCCOCC1CO1. The topological polar surface area (TPSA) is 160 Å². The summed E-state index contributed by atoms with van der Waals surface area (Å²) in [4.78, 5) is 0. The molecule has 0 radical (unpaired) electrons. The van der Waals surface area contributed by atoms with Gasteiger partial charge >= 0.3 is 0 Å². The normalized spacial score (nSPS) is 13.7. The van der Waals surface area contributed by atoms with E-state index in [-0.39, 0.29) is 0 Å². The summed E-state index contributed by atoms with van der Waals surface area (Å²) in [5, 5.41) is 0. The maximum atomic E-state index is 5.69. The Bertz CT molecular complexity index is 848. The smallest absolute Gasteiger partial charge is 0.104 e. The van der Waals surface area contributed by atoms with Crippen LogP contribution in [0.4, 0.5) is 0 Å². The van der Waals surface area contributed by atoms with Crippen molar-refractivity contribution in [3.8, 4) is 0 Å². The first kappa shape index (κ1) is 62.3. The first-order valence-corrected chi connectivity index (χ1v) is 25.3. The van der Waals surface area contributed by atoms with Crippen molar-refractivity contribution in [2.75, 3.05) is 218 Å². The zero-order chi connectivity index (χ0) is 46.1. The third-order valence-corrected chi connectivity index (χ3v) is 9.68. The van der Waals surface area contributed by atoms with Gasteiger partial charge in [0.1, 0.15) is 6.10 Å². The van der Waals surface area contributed by atoms with Crippen molar-refractivity contribution < 1.29 is 80.5 Å². The molecule has 1 fully saturated rings. The number of hydrogen-bond acceptors (Lipinski definition) is 17. The third-order valence-electron chi connectivity index (χ3n) is 9.68. The number of rotatable bonds is 61. The minimum atomic E-state index is 0.293. The first-order valence-electron chi connectivity index (χ1n) is 25.3. The van der Waals surface area contributed by atoms with Crippen LogP contribution in [0, 0.1) is 0 Å². The van der Waals surface area contributed by atoms with Crippen LogP contribution in [0.5, 0.6) is 0 Å². The minimum absolute atomic E-state index is 0.293. The summed E-state index contributed by atoms with van der Waals surface area (Å²) in [5.74, 6) is 0. The van der Waals surface area contributed by atoms with Gasteiger partial charge in [-0.15, -0.1) is 0 Å². The summed E-state index contributed by atoms with van der Waals surface area (Å²) in [6.45, 7) is 20.4. The Hall–Kier alpha value is -0.680. The van der Waals surface area contributed by atoms with E-state index in [2.05, 4.69) is 6.92 Å². The molecular formula is C48H96O17. The van der Waals surface area contributed by atoms with Crippen LogP contribution < -0.4 is 0 Å². The van der Waals surface area contributed by atoms with Crippen molar-refractivity contribution >= 4 is 0 Å². The summed E-state index contributed by atoms with van der Waals surface area (Å²) in [7, 11) is 0. The van der Waals surface area contributed by atoms with Crippen molar-refractivity contribution in [1.82, 2.24) is 0 Å². The molecule has 17 heteroatoms. The van der Waals surface area contributed by atoms with E-state index < -0.39 is 0 Å². The minimum Gasteiger partial charge on any atom is -0.379 e. The molecule has 0 amide bonds. The van der Waals surface area contributed by atoms with Gasteiger partial charge in [0.2, 0.25) is 0 Å². The van der Waals surface area contributed by atoms with E-state index in [0.29, 0.717) is 211 Å². The van der Waals surface area contributed by atoms with E-state index >= 15 is 0 Å². The van der Waals surface area contributed by atoms with Gasteiger partial charge in [0, 0.05) is 6.61 Å². The predicted octanol–water partition coefficient (Wildman–Crippen LogP) is 5.74. The van der Waals surface area contributed by atoms with Gasteiger partial charge in [0.25, 0.3) is 0 Å². The highest BCUT2D eigenvalue weighted by atomic mass is 16.6. The van der Waals surface area contributed by atoms with Crippen molar-refractivity contribution in [1.29, 1.82) is 0 Å². The Morgan fingerprint density at radius 2 is 0.400 bits per heavy atom. The lowest BCUT2D eigenvalue weighted by molar-refractivity contribution is -0.0304. The van der Waals surface area contributed by atoms with Crippen molar-refractivity contribution in [3.63, 3.8) is 0 Å². The second-order valence-electron chi connectivity index (χ2n) is 15.5. The number of hydrogen-bond donors (Lipinski definition) is 0. The molecule has 65 heavy (non-hydrogen) atoms. The van der Waals surface area contributed by atoms with Gasteiger partial charge in [-0.1, -0.05) is 84.0 Å². The first-order chi connectivity index (χ1) is 32.4. The molecule has 1 heterocycles. The Labute approximate surface area is 394 Å². The van der Waals surface area contributed by atoms with Crippen LogP contribution in [0.1, 0.15) is 90.4 Å². The molecule has 0 saturated carbocycles. The van der Waals surface area contributed by atoms with Gasteiger partial charge in [-0.3, -0.25) is 0 Å². The van der Waals surface area contributed by atoms with Crippen LogP contribution in [0.25, 0.3) is 0 Å². The lowest BCUT2D eigenvalue weighted by Crippen LogP contribution is -2.16. The van der Waals surface area contributed by atoms with Gasteiger partial charge in [-0.05, 0) is 6.42 Å². The van der Waals surface area contributed by atoms with Crippen LogP contribution in [0.3, 0.4) is 0 Å². The molecule has 0 aromatic heterocycles. The van der Waals surface area contributed by atoms with E-state index in [1.165, 1.54) is 77.0 Å². The molecule has 390 valence electrons. The van der Waals surface area contributed by atoms with Gasteiger partial charge in [0.05, 0.1) is 211 Å². The van der Waals surface area contributed by atoms with Gasteiger partial charge < -0.3 is 80.5 Å². The Morgan fingerprint density at radius 3 is 0.600 bits per heavy atom. The summed E-state index contributed by atoms with van der Waals surface area (Å²) in [6, 6.07) is 0. The molecular weight excluding hydrogens is 849 g/mol. The molecule has 1 rings (SSSR count). The molecule has 1 aliphatic rings. The molecule has 1 aliphatic heterocycles. The molecule has 0 N–H and O–H groups in total. The fourth-order valence-corrected chi connectivity index (χ4v) is 5.90. The highest BCUT2D eigenvalue weighted by Crippen LogP contribution is 2.12. The number of unbranched alkanes of at least 4 members (excludes halogenated alkanes) is 12. The lowest BCUT2D eigenvalue weighted by Gasteiger charge is -2.09. The fourth-order valence-electron chi connectivity index (χ4n) is 5.90. The van der Waals surface area contributed by atoms with E-state index in [4.69, 9.17) is 80.5 Å². The summed E-state index contributed by atoms with van der Waals surface area (Å²) in [6.07, 6.45) is 18.0. The lowest BCUT2D eigenvalue weighted by atomic mass is 10.0. The molecule has 0 aromatic rings. The van der Waals surface area contributed by atoms with Crippen LogP contribution in [0.2, 0.25) is 0 Å². The van der Waals surface area contributed by atoms with Gasteiger partial charge in [-0.2, -0.15) is 0 Å². The van der Waals surface area contributed by atoms with E-state index in [1.807, 2.05) is 0 Å². The fraction of sp³-hybridized carbons (Fsp3) is 1.00. The zero-order valence-electron chi connectivity index (χ0n) is 41.0. The monoisotopic (exact) mass is 945 g/mol. The standard InChI is InChI=1S/C48H96O17/c1-2-3-4-5-6-7-8-9-10-11-12-13-14-15-49-16-17-50-18-19-51-20-21-52-22-23-53-24-25-54-26-27-55-28-29-56-30-31-57-32-33-58-34-35-59-36-37-60-38-39-61-40-41-62-42-43-63-44-45-64-46-48-47-65-48/h48H,2-47H2,1H3. The Morgan fingerprint density at radius 1 is 0.231 bits per heavy atom. The third kappa shape index (κ3) is 57.6. The van der Waals surface area contributed by atoms with Crippen LogP contribution >= 0.6 is 0 Å². The molecule has 17 nitrogen and oxygen atoms in total. The summed E-state index contributed by atoms with van der Waals surface area (Å²) in [5.41, 5.74) is 0. The maximum absolute atomic E-state index is 5.69. The van der Waals surface area contributed by atoms with Crippen LogP contribution in [-0.4, -0.2) is 224 Å². The number of epoxide rings is 1. The molecule has 1 atom stereocenters. The summed E-state index contributed by atoms with van der Waals surface area (Å²) >= 11 is 0. The van der Waals surface area contributed by atoms with Gasteiger partial charge in [-0.25, -0.2) is 0 Å². The molecule has 0 bridgehead atoms. The Balaban J connectivity index is 1.57. The molecule has 1 unspecified atom stereocenters. The second-order valence-corrected chi connectivity index (χ2v) is 15.5. The van der Waals surface area contributed by atoms with E-state index in [0.717, 1.165) is 19.6 Å². The average Bonchev–Trinajstić information content (AvgIpc) is 4.15. The van der Waals surface area contributed by atoms with Gasteiger partial charge in [0.15, 0.2) is 0 Å². The number of ether oxygens (including phenoxy) is 17. The molecule has 0 spiro atoms. The molecule has 1 saturated heterocycles. The van der Waals surface area contributed by atoms with E-state index in [1.54, 1.807) is 0 Å². The van der Waals surface area contributed by atoms with E-state index in [9.17, 15) is 0 Å². The maximum Gasteiger partial charge on any atom is 0.104 e. The Kier molecular flexibility index (Phi) is 55.3. The quantitative estimate of drug-likeness (QED) is 0.0536. The predicted molar refractivity (Wildman–Crippen MR) is 249 cm³/mol. The summed E-state index contributed by atoms with van der Waals surface area (Å²) < 4.78 is 93.3. The largest absolute Gasteiger partial charge is 0.379 e. The molecule has 0 aromatic carbocycles.